The summed E-state index contributed by atoms with van der Waals surface area (Å²) in [6.45, 7) is 1.64. The fourth-order valence-corrected chi connectivity index (χ4v) is 3.16. The van der Waals surface area contributed by atoms with E-state index in [1.807, 2.05) is 0 Å². The van der Waals surface area contributed by atoms with Crippen LogP contribution in [0.25, 0.3) is 5.69 Å². The summed E-state index contributed by atoms with van der Waals surface area (Å²) in [6.07, 6.45) is 0.775. The third-order valence-electron chi connectivity index (χ3n) is 4.65. The maximum absolute atomic E-state index is 12.8. The predicted octanol–water partition coefficient (Wildman–Crippen LogP) is 1.36. The lowest BCUT2D eigenvalue weighted by molar-refractivity contribution is -0.307. The summed E-state index contributed by atoms with van der Waals surface area (Å²) in [4.78, 5) is 36.6. The normalized spacial score (nSPS) is 11.6. The van der Waals surface area contributed by atoms with Crippen LogP contribution >= 0.6 is 12.2 Å². The number of tetrazole rings is 1. The summed E-state index contributed by atoms with van der Waals surface area (Å²) in [5.74, 6) is -1.43. The number of hydrogen-bond donors (Lipinski definition) is 1. The van der Waals surface area contributed by atoms with E-state index in [2.05, 4.69) is 15.5 Å². The van der Waals surface area contributed by atoms with Crippen LogP contribution in [-0.2, 0) is 4.79 Å². The zero-order valence-electron chi connectivity index (χ0n) is 16.0. The van der Waals surface area contributed by atoms with Crippen molar-refractivity contribution in [2.24, 2.45) is 0 Å². The van der Waals surface area contributed by atoms with Crippen molar-refractivity contribution in [3.8, 4) is 5.69 Å². The van der Waals surface area contributed by atoms with E-state index < -0.39 is 12.0 Å². The molecule has 0 radical (unpaired) electrons. The van der Waals surface area contributed by atoms with Gasteiger partial charge in [-0.2, -0.15) is 5.21 Å². The summed E-state index contributed by atoms with van der Waals surface area (Å²) < 4.78 is 1.69. The lowest BCUT2D eigenvalue weighted by Crippen LogP contribution is -2.47. The van der Waals surface area contributed by atoms with Gasteiger partial charge < -0.3 is 14.8 Å². The summed E-state index contributed by atoms with van der Waals surface area (Å²) >= 11 is 5.07. The van der Waals surface area contributed by atoms with Crippen molar-refractivity contribution in [3.05, 3.63) is 64.4 Å². The highest BCUT2D eigenvalue weighted by Gasteiger charge is 2.18. The standard InChI is InChI=1S/C20H19N5O4S/c1-13(19(28)29)24(16-7-5-14(12-26)6-8-16)10-9-18(27)15-3-2-4-17(11-15)25-20(30)21-22-23-25/h2-8,11-13H,9-10H2,1H3,(H,28,29)(H,21,23,30)/p-1. The third kappa shape index (κ3) is 4.66. The topological polar surface area (TPSA) is 124 Å². The quantitative estimate of drug-likeness (QED) is 0.310. The fourth-order valence-electron chi connectivity index (χ4n) is 2.97. The van der Waals surface area contributed by atoms with Crippen LogP contribution in [0.3, 0.4) is 0 Å². The van der Waals surface area contributed by atoms with E-state index in [-0.39, 0.29) is 23.5 Å². The number of aromatic amines is 1. The molecule has 3 aromatic rings. The van der Waals surface area contributed by atoms with Crippen LogP contribution in [0.4, 0.5) is 5.69 Å². The molecule has 1 aromatic heterocycles. The Morgan fingerprint density at radius 2 is 2.00 bits per heavy atom. The second kappa shape index (κ2) is 9.23. The van der Waals surface area contributed by atoms with Crippen molar-refractivity contribution in [2.75, 3.05) is 11.4 Å². The van der Waals surface area contributed by atoms with E-state index in [1.54, 1.807) is 53.4 Å². The van der Waals surface area contributed by atoms with Crippen LogP contribution in [0.5, 0.6) is 0 Å². The summed E-state index contributed by atoms with van der Waals surface area (Å²) in [5.41, 5.74) is 2.11. The Morgan fingerprint density at radius 1 is 1.27 bits per heavy atom. The maximum atomic E-state index is 12.8. The molecule has 0 fully saturated rings. The van der Waals surface area contributed by atoms with E-state index in [4.69, 9.17) is 12.2 Å². The van der Waals surface area contributed by atoms with Gasteiger partial charge in [-0.3, -0.25) is 9.59 Å². The number of aldehydes is 1. The lowest BCUT2D eigenvalue weighted by Gasteiger charge is -2.32. The van der Waals surface area contributed by atoms with Crippen LogP contribution in [0, 0.1) is 4.77 Å². The Kier molecular flexibility index (Phi) is 6.48. The van der Waals surface area contributed by atoms with Crippen molar-refractivity contribution in [1.82, 2.24) is 20.2 Å². The third-order valence-corrected chi connectivity index (χ3v) is 4.91. The number of aliphatic carboxylic acids is 1. The molecule has 0 saturated carbocycles. The molecule has 2 aromatic carbocycles. The number of carboxylic acids is 1. The minimum atomic E-state index is -1.26. The number of Topliss-reactive ketones (excluding diaryl/α,β-unsaturated/α-hetero) is 1. The van der Waals surface area contributed by atoms with Gasteiger partial charge in [-0.1, -0.05) is 22.4 Å². The number of H-pyrrole nitrogens is 1. The van der Waals surface area contributed by atoms with E-state index in [0.717, 1.165) is 0 Å². The van der Waals surface area contributed by atoms with Crippen molar-refractivity contribution in [1.29, 1.82) is 0 Å². The average molecular weight is 424 g/mol. The molecule has 154 valence electrons. The molecular formula is C20H18N5O4S-. The van der Waals surface area contributed by atoms with Crippen LogP contribution in [-0.4, -0.2) is 50.8 Å². The highest BCUT2D eigenvalue weighted by atomic mass is 32.1. The zero-order valence-corrected chi connectivity index (χ0v) is 16.8. The monoisotopic (exact) mass is 424 g/mol. The van der Waals surface area contributed by atoms with Gasteiger partial charge in [0.1, 0.15) is 6.29 Å². The Balaban J connectivity index is 1.78. The highest BCUT2D eigenvalue weighted by Crippen LogP contribution is 2.19. The van der Waals surface area contributed by atoms with E-state index >= 15 is 0 Å². The van der Waals surface area contributed by atoms with Gasteiger partial charge >= 0.3 is 0 Å². The number of benzene rings is 2. The minimum Gasteiger partial charge on any atom is -0.548 e. The molecule has 1 N–H and O–H groups in total. The zero-order chi connectivity index (χ0) is 21.7. The van der Waals surface area contributed by atoms with Gasteiger partial charge in [-0.15, -0.1) is 0 Å². The molecule has 0 saturated heterocycles. The van der Waals surface area contributed by atoms with Crippen LogP contribution in [0.1, 0.15) is 34.1 Å². The molecule has 0 amide bonds. The molecule has 0 aliphatic rings. The molecule has 9 nitrogen and oxygen atoms in total. The number of ketones is 1. The summed E-state index contributed by atoms with van der Waals surface area (Å²) in [6, 6.07) is 12.3. The molecule has 0 aliphatic heterocycles. The van der Waals surface area contributed by atoms with E-state index in [0.29, 0.717) is 28.8 Å². The first kappa shape index (κ1) is 21.1. The minimum absolute atomic E-state index is 0.0725. The van der Waals surface area contributed by atoms with Gasteiger partial charge in [0, 0.05) is 29.8 Å². The first-order valence-corrected chi connectivity index (χ1v) is 9.48. The molecule has 10 heteroatoms. The number of carboxylic acid groups (broad SMARTS) is 1. The molecule has 1 unspecified atom stereocenters. The maximum Gasteiger partial charge on any atom is 0.242 e. The van der Waals surface area contributed by atoms with Gasteiger partial charge in [0.15, 0.2) is 5.78 Å². The summed E-state index contributed by atoms with van der Waals surface area (Å²) in [7, 11) is 0. The van der Waals surface area contributed by atoms with Crippen molar-refractivity contribution < 1.29 is 19.5 Å². The second-order valence-corrected chi connectivity index (χ2v) is 6.90. The number of nitrogens with zero attached hydrogens (tertiary/aromatic N) is 4. The molecule has 0 bridgehead atoms. The SMILES string of the molecule is CC(C(=O)[O-])N(CCC(=O)c1cccc(-n2[nH]nnc2=S)c1)c1ccc(C=O)cc1. The van der Waals surface area contributed by atoms with Crippen LogP contribution in [0.15, 0.2) is 48.5 Å². The number of aromatic nitrogens is 4. The largest absolute Gasteiger partial charge is 0.548 e. The number of nitrogens with one attached hydrogen (secondary N) is 1. The lowest BCUT2D eigenvalue weighted by atomic mass is 10.1. The van der Waals surface area contributed by atoms with Gasteiger partial charge in [-0.05, 0) is 55.5 Å². The predicted molar refractivity (Wildman–Crippen MR) is 109 cm³/mol. The number of anilines is 1. The molecule has 0 spiro atoms. The first-order valence-electron chi connectivity index (χ1n) is 9.07. The van der Waals surface area contributed by atoms with E-state index in [1.165, 1.54) is 11.6 Å². The van der Waals surface area contributed by atoms with Gasteiger partial charge in [-0.25, -0.2) is 4.68 Å². The first-order chi connectivity index (χ1) is 14.4. The van der Waals surface area contributed by atoms with Crippen molar-refractivity contribution in [3.63, 3.8) is 0 Å². The Labute approximate surface area is 176 Å². The van der Waals surface area contributed by atoms with Gasteiger partial charge in [0.25, 0.3) is 0 Å². The number of carbonyl (C=O) groups is 3. The summed E-state index contributed by atoms with van der Waals surface area (Å²) in [5, 5.41) is 21.4. The smallest absolute Gasteiger partial charge is 0.242 e. The molecular weight excluding hydrogens is 406 g/mol. The highest BCUT2D eigenvalue weighted by molar-refractivity contribution is 7.71. The van der Waals surface area contributed by atoms with E-state index in [9.17, 15) is 19.5 Å². The Morgan fingerprint density at radius 3 is 2.60 bits per heavy atom. The Hall–Kier alpha value is -3.66. The van der Waals surface area contributed by atoms with Crippen molar-refractivity contribution >= 4 is 35.9 Å². The molecule has 30 heavy (non-hydrogen) atoms. The number of rotatable bonds is 9. The van der Waals surface area contributed by atoms with Crippen LogP contribution in [0.2, 0.25) is 0 Å². The fraction of sp³-hybridized carbons (Fsp3) is 0.200. The number of carbonyl (C=O) groups excluding carboxylic acids is 3. The van der Waals surface area contributed by atoms with Crippen molar-refractivity contribution in [2.45, 2.75) is 19.4 Å². The molecule has 1 atom stereocenters. The van der Waals surface area contributed by atoms with Gasteiger partial charge in [0.2, 0.25) is 4.77 Å². The molecule has 1 heterocycles. The van der Waals surface area contributed by atoms with Gasteiger partial charge in [0.05, 0.1) is 17.7 Å². The molecule has 0 aliphatic carbocycles. The Bertz CT molecular complexity index is 1120. The average Bonchev–Trinajstić information content (AvgIpc) is 3.19. The second-order valence-electron chi connectivity index (χ2n) is 6.54. The molecule has 3 rings (SSSR count). The number of hydrogen-bond acceptors (Lipinski definition) is 8. The van der Waals surface area contributed by atoms with Crippen LogP contribution < -0.4 is 10.0 Å².